The van der Waals surface area contributed by atoms with Gasteiger partial charge in [-0.2, -0.15) is 0 Å². The Hall–Kier alpha value is -3.58. The highest BCUT2D eigenvalue weighted by molar-refractivity contribution is 6.35. The molecule has 4 aromatic heterocycles. The van der Waals surface area contributed by atoms with Crippen molar-refractivity contribution >= 4 is 39.5 Å². The smallest absolute Gasteiger partial charge is 0.162 e. The van der Waals surface area contributed by atoms with Crippen LogP contribution in [0.5, 0.6) is 0 Å². The first-order valence-corrected chi connectivity index (χ1v) is 9.91. The number of aromatic nitrogens is 6. The lowest BCUT2D eigenvalue weighted by atomic mass is 10.00. The molecule has 0 saturated carbocycles. The summed E-state index contributed by atoms with van der Waals surface area (Å²) in [6.07, 6.45) is 4.88. The fourth-order valence-electron chi connectivity index (χ4n) is 3.59. The van der Waals surface area contributed by atoms with E-state index in [1.54, 1.807) is 12.5 Å². The molecule has 0 unspecified atom stereocenters. The van der Waals surface area contributed by atoms with Crippen LogP contribution in [0.2, 0.25) is 5.02 Å². The second-order valence-electron chi connectivity index (χ2n) is 7.15. The average molecular weight is 416 g/mol. The molecule has 0 bridgehead atoms. The Balaban J connectivity index is 1.67. The van der Waals surface area contributed by atoms with E-state index in [0.29, 0.717) is 22.0 Å². The number of fused-ring (bicyclic) bond motifs is 2. The summed E-state index contributed by atoms with van der Waals surface area (Å²) in [5.74, 6) is 0.656. The van der Waals surface area contributed by atoms with Crippen LogP contribution in [0.4, 0.5) is 5.82 Å². The molecule has 5 rings (SSSR count). The summed E-state index contributed by atoms with van der Waals surface area (Å²) in [5, 5.41) is 5.07. The maximum Gasteiger partial charge on any atom is 0.162 e. The van der Waals surface area contributed by atoms with Crippen LogP contribution in [0.3, 0.4) is 0 Å². The zero-order valence-corrected chi connectivity index (χ0v) is 17.1. The van der Waals surface area contributed by atoms with Crippen LogP contribution in [0, 0.1) is 6.92 Å². The summed E-state index contributed by atoms with van der Waals surface area (Å²) in [6.45, 7) is 4.09. The van der Waals surface area contributed by atoms with Crippen molar-refractivity contribution in [3.05, 3.63) is 71.4 Å². The van der Waals surface area contributed by atoms with Crippen LogP contribution in [0.25, 0.3) is 33.5 Å². The van der Waals surface area contributed by atoms with Crippen molar-refractivity contribution in [2.24, 2.45) is 0 Å². The van der Waals surface area contributed by atoms with Gasteiger partial charge >= 0.3 is 0 Å². The third-order valence-electron chi connectivity index (χ3n) is 4.99. The number of pyridine rings is 2. The third-order valence-corrected chi connectivity index (χ3v) is 5.28. The largest absolute Gasteiger partial charge is 0.362 e. The molecule has 1 aromatic carbocycles. The van der Waals surface area contributed by atoms with E-state index in [1.807, 2.05) is 31.2 Å². The highest BCUT2D eigenvalue weighted by Crippen LogP contribution is 2.34. The number of benzene rings is 1. The van der Waals surface area contributed by atoms with E-state index in [9.17, 15) is 0 Å². The number of aryl methyl sites for hydroxylation is 1. The Morgan fingerprint density at radius 2 is 1.93 bits per heavy atom. The van der Waals surface area contributed by atoms with Crippen molar-refractivity contribution in [2.75, 3.05) is 5.32 Å². The van der Waals surface area contributed by atoms with E-state index in [0.717, 1.165) is 33.4 Å². The molecule has 0 amide bonds. The molecule has 0 aliphatic rings. The summed E-state index contributed by atoms with van der Waals surface area (Å²) in [5.41, 5.74) is 5.77. The zero-order chi connectivity index (χ0) is 20.7. The van der Waals surface area contributed by atoms with Gasteiger partial charge in [0.05, 0.1) is 34.3 Å². The molecule has 7 nitrogen and oxygen atoms in total. The standard InChI is InChI=1S/C22H18ClN7/c1-12-7-14-9-15(13(2)29-22-20-21(26-10-25-20)27-11-28-22)19(17-5-3-4-6-24-17)30-18(14)16(23)8-12/h3-11,13H,1-2H3,(H2,25,26,27,28,29)/t13-/m0/s1. The molecule has 0 saturated heterocycles. The molecule has 4 heterocycles. The monoisotopic (exact) mass is 415 g/mol. The van der Waals surface area contributed by atoms with Crippen LogP contribution in [0.15, 0.2) is 55.2 Å². The maximum absolute atomic E-state index is 6.51. The van der Waals surface area contributed by atoms with Gasteiger partial charge in [0.1, 0.15) is 11.8 Å². The summed E-state index contributed by atoms with van der Waals surface area (Å²) < 4.78 is 0. The quantitative estimate of drug-likeness (QED) is 0.424. The molecular formula is C22H18ClN7. The fourth-order valence-corrected chi connectivity index (χ4v) is 3.92. The fraction of sp³-hybridized carbons (Fsp3) is 0.136. The van der Waals surface area contributed by atoms with Gasteiger partial charge in [-0.05, 0) is 49.7 Å². The summed E-state index contributed by atoms with van der Waals surface area (Å²) in [4.78, 5) is 25.3. The second-order valence-corrected chi connectivity index (χ2v) is 7.55. The molecule has 0 fully saturated rings. The molecule has 148 valence electrons. The van der Waals surface area contributed by atoms with E-state index < -0.39 is 0 Å². The highest BCUT2D eigenvalue weighted by atomic mass is 35.5. The van der Waals surface area contributed by atoms with E-state index in [-0.39, 0.29) is 6.04 Å². The molecule has 8 heteroatoms. The topological polar surface area (TPSA) is 92.3 Å². The summed E-state index contributed by atoms with van der Waals surface area (Å²) in [7, 11) is 0. The van der Waals surface area contributed by atoms with E-state index >= 15 is 0 Å². The molecule has 0 aliphatic heterocycles. The first-order chi connectivity index (χ1) is 14.6. The van der Waals surface area contributed by atoms with E-state index in [2.05, 4.69) is 49.3 Å². The number of hydrogen-bond acceptors (Lipinski definition) is 6. The molecule has 2 N–H and O–H groups in total. The second kappa shape index (κ2) is 7.35. The van der Waals surface area contributed by atoms with Crippen molar-refractivity contribution in [2.45, 2.75) is 19.9 Å². The van der Waals surface area contributed by atoms with Crippen molar-refractivity contribution in [1.82, 2.24) is 29.9 Å². The summed E-state index contributed by atoms with van der Waals surface area (Å²) in [6, 6.07) is 11.8. The Kier molecular flexibility index (Phi) is 4.52. The Morgan fingerprint density at radius 1 is 1.03 bits per heavy atom. The number of nitrogens with zero attached hydrogens (tertiary/aromatic N) is 5. The van der Waals surface area contributed by atoms with Crippen molar-refractivity contribution in [3.8, 4) is 11.4 Å². The van der Waals surface area contributed by atoms with Gasteiger partial charge in [-0.1, -0.05) is 17.7 Å². The Bertz CT molecular complexity index is 1360. The van der Waals surface area contributed by atoms with Crippen molar-refractivity contribution in [1.29, 1.82) is 0 Å². The molecular weight excluding hydrogens is 398 g/mol. The van der Waals surface area contributed by atoms with Gasteiger partial charge in [-0.15, -0.1) is 0 Å². The summed E-state index contributed by atoms with van der Waals surface area (Å²) >= 11 is 6.51. The first-order valence-electron chi connectivity index (χ1n) is 9.53. The normalized spacial score (nSPS) is 12.4. The molecule has 0 spiro atoms. The third kappa shape index (κ3) is 3.23. The molecule has 30 heavy (non-hydrogen) atoms. The van der Waals surface area contributed by atoms with Gasteiger partial charge < -0.3 is 10.3 Å². The van der Waals surface area contributed by atoms with Crippen molar-refractivity contribution in [3.63, 3.8) is 0 Å². The number of rotatable bonds is 4. The number of imidazole rings is 1. The number of hydrogen-bond donors (Lipinski definition) is 2. The van der Waals surface area contributed by atoms with Crippen molar-refractivity contribution < 1.29 is 0 Å². The predicted molar refractivity (Wildman–Crippen MR) is 118 cm³/mol. The van der Waals surface area contributed by atoms with Crippen LogP contribution in [-0.4, -0.2) is 29.9 Å². The Morgan fingerprint density at radius 3 is 2.77 bits per heavy atom. The number of aromatic amines is 1. The molecule has 1 atom stereocenters. The maximum atomic E-state index is 6.51. The number of H-pyrrole nitrogens is 1. The van der Waals surface area contributed by atoms with Crippen LogP contribution in [-0.2, 0) is 0 Å². The molecule has 0 radical (unpaired) electrons. The minimum atomic E-state index is -0.118. The van der Waals surface area contributed by atoms with Gasteiger partial charge in [0.25, 0.3) is 0 Å². The molecule has 0 aliphatic carbocycles. The minimum absolute atomic E-state index is 0.118. The lowest BCUT2D eigenvalue weighted by molar-refractivity contribution is 0.872. The number of nitrogens with one attached hydrogen (secondary N) is 2. The van der Waals surface area contributed by atoms with Gasteiger partial charge in [0.15, 0.2) is 11.5 Å². The first kappa shape index (κ1) is 18.4. The van der Waals surface area contributed by atoms with Gasteiger partial charge in [0.2, 0.25) is 0 Å². The number of halogens is 1. The van der Waals surface area contributed by atoms with E-state index in [4.69, 9.17) is 16.6 Å². The average Bonchev–Trinajstić information content (AvgIpc) is 3.23. The lowest BCUT2D eigenvalue weighted by Crippen LogP contribution is -2.11. The zero-order valence-electron chi connectivity index (χ0n) is 16.4. The van der Waals surface area contributed by atoms with Crippen LogP contribution < -0.4 is 5.32 Å². The van der Waals surface area contributed by atoms with Gasteiger partial charge in [-0.3, -0.25) is 4.98 Å². The van der Waals surface area contributed by atoms with Crippen LogP contribution >= 0.6 is 11.6 Å². The Labute approximate surface area is 177 Å². The predicted octanol–water partition coefficient (Wildman–Crippen LogP) is 5.10. The molecule has 5 aromatic rings. The van der Waals surface area contributed by atoms with E-state index in [1.165, 1.54) is 6.33 Å². The highest BCUT2D eigenvalue weighted by Gasteiger charge is 2.19. The number of anilines is 1. The lowest BCUT2D eigenvalue weighted by Gasteiger charge is -2.19. The van der Waals surface area contributed by atoms with Gasteiger partial charge in [0, 0.05) is 17.1 Å². The van der Waals surface area contributed by atoms with Gasteiger partial charge in [-0.25, -0.2) is 19.9 Å². The SMILES string of the molecule is Cc1cc(Cl)c2nc(-c3ccccn3)c([C@H](C)Nc3ncnc4[nH]cnc34)cc2c1. The van der Waals surface area contributed by atoms with Crippen LogP contribution in [0.1, 0.15) is 24.1 Å². The minimum Gasteiger partial charge on any atom is -0.362 e.